The number of rotatable bonds is 2. The standard InChI is InChI=1S/C23H25N5O/c1-23(2,3)20-16-28-15-19(7-8-21(28)25-20)26-9-11-27(12-10-26)22(29)18-6-4-5-17(13-18)14-24/h4-8,13,15-16H,9-12H2,1-3H3. The zero-order valence-corrected chi connectivity index (χ0v) is 17.1. The first kappa shape index (κ1) is 19.0. The molecule has 6 heteroatoms. The van der Waals surface area contributed by atoms with E-state index in [1.807, 2.05) is 4.90 Å². The predicted molar refractivity (Wildman–Crippen MR) is 113 cm³/mol. The van der Waals surface area contributed by atoms with E-state index >= 15 is 0 Å². The van der Waals surface area contributed by atoms with Crippen LogP contribution < -0.4 is 4.90 Å². The van der Waals surface area contributed by atoms with Gasteiger partial charge in [0.05, 0.1) is 23.0 Å². The van der Waals surface area contributed by atoms with Crippen LogP contribution in [0.5, 0.6) is 0 Å². The van der Waals surface area contributed by atoms with E-state index in [4.69, 9.17) is 10.2 Å². The molecule has 1 fully saturated rings. The van der Waals surface area contributed by atoms with Crippen molar-refractivity contribution in [3.63, 3.8) is 0 Å². The number of aromatic nitrogens is 2. The summed E-state index contributed by atoms with van der Waals surface area (Å²) in [6, 6.07) is 13.2. The Hall–Kier alpha value is -3.33. The number of benzene rings is 1. The molecular formula is C23H25N5O. The van der Waals surface area contributed by atoms with Gasteiger partial charge in [0.15, 0.2) is 0 Å². The number of pyridine rings is 1. The normalized spacial score (nSPS) is 14.8. The summed E-state index contributed by atoms with van der Waals surface area (Å²) < 4.78 is 2.08. The molecule has 0 saturated carbocycles. The average molecular weight is 387 g/mol. The van der Waals surface area contributed by atoms with Crippen molar-refractivity contribution in [3.8, 4) is 6.07 Å². The molecule has 3 aromatic rings. The molecule has 0 atom stereocenters. The van der Waals surface area contributed by atoms with Crippen molar-refractivity contribution in [1.29, 1.82) is 5.26 Å². The minimum absolute atomic E-state index is 0.0124. The number of imidazole rings is 1. The van der Waals surface area contributed by atoms with E-state index in [2.05, 4.69) is 60.7 Å². The highest BCUT2D eigenvalue weighted by Crippen LogP contribution is 2.24. The lowest BCUT2D eigenvalue weighted by Crippen LogP contribution is -2.48. The fourth-order valence-electron chi connectivity index (χ4n) is 3.60. The first-order valence-electron chi connectivity index (χ1n) is 9.89. The van der Waals surface area contributed by atoms with Crippen LogP contribution in [0.3, 0.4) is 0 Å². The van der Waals surface area contributed by atoms with E-state index in [0.29, 0.717) is 24.2 Å². The van der Waals surface area contributed by atoms with Crippen LogP contribution in [0.4, 0.5) is 5.69 Å². The number of nitrogens with zero attached hydrogens (tertiary/aromatic N) is 5. The summed E-state index contributed by atoms with van der Waals surface area (Å²) in [6.07, 6.45) is 4.21. The molecule has 1 aromatic carbocycles. The largest absolute Gasteiger partial charge is 0.367 e. The van der Waals surface area contributed by atoms with E-state index in [-0.39, 0.29) is 11.3 Å². The second-order valence-corrected chi connectivity index (χ2v) is 8.50. The van der Waals surface area contributed by atoms with Crippen molar-refractivity contribution < 1.29 is 4.79 Å². The first-order valence-corrected chi connectivity index (χ1v) is 9.89. The summed E-state index contributed by atoms with van der Waals surface area (Å²) in [4.78, 5) is 21.6. The Morgan fingerprint density at radius 2 is 1.83 bits per heavy atom. The van der Waals surface area contributed by atoms with Crippen LogP contribution in [0.1, 0.15) is 42.4 Å². The number of amides is 1. The summed E-state index contributed by atoms with van der Waals surface area (Å²) >= 11 is 0. The van der Waals surface area contributed by atoms with Gasteiger partial charge < -0.3 is 14.2 Å². The molecular weight excluding hydrogens is 362 g/mol. The number of nitriles is 1. The highest BCUT2D eigenvalue weighted by molar-refractivity contribution is 5.94. The Morgan fingerprint density at radius 3 is 2.52 bits per heavy atom. The molecule has 1 aliphatic heterocycles. The minimum Gasteiger partial charge on any atom is -0.367 e. The Bertz CT molecular complexity index is 1090. The molecule has 0 spiro atoms. The zero-order chi connectivity index (χ0) is 20.6. The summed E-state index contributed by atoms with van der Waals surface area (Å²) in [5.41, 5.74) is 4.26. The van der Waals surface area contributed by atoms with Gasteiger partial charge in [-0.25, -0.2) is 4.98 Å². The number of hydrogen-bond acceptors (Lipinski definition) is 4. The zero-order valence-electron chi connectivity index (χ0n) is 17.1. The fourth-order valence-corrected chi connectivity index (χ4v) is 3.60. The monoisotopic (exact) mass is 387 g/mol. The van der Waals surface area contributed by atoms with Crippen LogP contribution >= 0.6 is 0 Å². The van der Waals surface area contributed by atoms with Gasteiger partial charge >= 0.3 is 0 Å². The average Bonchev–Trinajstić information content (AvgIpc) is 3.17. The molecule has 1 saturated heterocycles. The van der Waals surface area contributed by atoms with Crippen LogP contribution in [0.15, 0.2) is 48.8 Å². The van der Waals surface area contributed by atoms with Gasteiger partial charge in [-0.15, -0.1) is 0 Å². The third-order valence-electron chi connectivity index (χ3n) is 5.37. The Kier molecular flexibility index (Phi) is 4.75. The number of piperazine rings is 1. The van der Waals surface area contributed by atoms with Gasteiger partial charge in [-0.1, -0.05) is 26.8 Å². The number of carbonyl (C=O) groups excluding carboxylic acids is 1. The molecule has 0 N–H and O–H groups in total. The number of anilines is 1. The molecule has 148 valence electrons. The van der Waals surface area contributed by atoms with E-state index < -0.39 is 0 Å². The highest BCUT2D eigenvalue weighted by Gasteiger charge is 2.23. The number of fused-ring (bicyclic) bond motifs is 1. The van der Waals surface area contributed by atoms with Crippen molar-refractivity contribution in [2.75, 3.05) is 31.1 Å². The third-order valence-corrected chi connectivity index (χ3v) is 5.37. The van der Waals surface area contributed by atoms with Gasteiger partial charge in [0.2, 0.25) is 0 Å². The maximum absolute atomic E-state index is 12.8. The molecule has 0 aliphatic carbocycles. The van der Waals surface area contributed by atoms with Crippen LogP contribution in [0, 0.1) is 11.3 Å². The Balaban J connectivity index is 1.46. The maximum atomic E-state index is 12.8. The lowest BCUT2D eigenvalue weighted by atomic mass is 9.93. The van der Waals surface area contributed by atoms with Crippen LogP contribution in [-0.4, -0.2) is 46.4 Å². The summed E-state index contributed by atoms with van der Waals surface area (Å²) in [5.74, 6) is -0.0124. The van der Waals surface area contributed by atoms with Crippen molar-refractivity contribution in [2.45, 2.75) is 26.2 Å². The van der Waals surface area contributed by atoms with E-state index in [1.165, 1.54) is 0 Å². The van der Waals surface area contributed by atoms with E-state index in [9.17, 15) is 4.79 Å². The van der Waals surface area contributed by atoms with Crippen LogP contribution in [0.25, 0.3) is 5.65 Å². The quantitative estimate of drug-likeness (QED) is 0.675. The maximum Gasteiger partial charge on any atom is 0.254 e. The second kappa shape index (κ2) is 7.25. The molecule has 4 rings (SSSR count). The highest BCUT2D eigenvalue weighted by atomic mass is 16.2. The van der Waals surface area contributed by atoms with Crippen LogP contribution in [-0.2, 0) is 5.41 Å². The number of carbonyl (C=O) groups is 1. The Labute approximate surface area is 171 Å². The molecule has 1 aliphatic rings. The smallest absolute Gasteiger partial charge is 0.254 e. The van der Waals surface area contributed by atoms with Gasteiger partial charge in [-0.3, -0.25) is 4.79 Å². The van der Waals surface area contributed by atoms with Gasteiger partial charge in [0.25, 0.3) is 5.91 Å². The number of hydrogen-bond donors (Lipinski definition) is 0. The molecule has 0 bridgehead atoms. The van der Waals surface area contributed by atoms with Crippen molar-refractivity contribution in [3.05, 3.63) is 65.6 Å². The minimum atomic E-state index is -0.0124. The van der Waals surface area contributed by atoms with Gasteiger partial charge in [-0.05, 0) is 30.3 Å². The molecule has 1 amide bonds. The molecule has 0 radical (unpaired) electrons. The second-order valence-electron chi connectivity index (χ2n) is 8.50. The van der Waals surface area contributed by atoms with E-state index in [0.717, 1.165) is 30.1 Å². The predicted octanol–water partition coefficient (Wildman–Crippen LogP) is 3.47. The molecule has 2 aromatic heterocycles. The summed E-state index contributed by atoms with van der Waals surface area (Å²) in [5, 5.41) is 9.05. The van der Waals surface area contributed by atoms with Gasteiger partial charge in [0, 0.05) is 49.6 Å². The molecule has 29 heavy (non-hydrogen) atoms. The van der Waals surface area contributed by atoms with E-state index in [1.54, 1.807) is 24.3 Å². The van der Waals surface area contributed by atoms with Gasteiger partial charge in [-0.2, -0.15) is 5.26 Å². The lowest BCUT2D eigenvalue weighted by Gasteiger charge is -2.36. The van der Waals surface area contributed by atoms with Crippen molar-refractivity contribution >= 4 is 17.2 Å². The topological polar surface area (TPSA) is 64.6 Å². The van der Waals surface area contributed by atoms with Crippen LogP contribution in [0.2, 0.25) is 0 Å². The van der Waals surface area contributed by atoms with Crippen molar-refractivity contribution in [1.82, 2.24) is 14.3 Å². The van der Waals surface area contributed by atoms with Crippen molar-refractivity contribution in [2.24, 2.45) is 0 Å². The molecule has 6 nitrogen and oxygen atoms in total. The third kappa shape index (κ3) is 3.81. The summed E-state index contributed by atoms with van der Waals surface area (Å²) in [6.45, 7) is 9.36. The Morgan fingerprint density at radius 1 is 1.07 bits per heavy atom. The summed E-state index contributed by atoms with van der Waals surface area (Å²) in [7, 11) is 0. The van der Waals surface area contributed by atoms with Gasteiger partial charge in [0.1, 0.15) is 5.65 Å². The lowest BCUT2D eigenvalue weighted by molar-refractivity contribution is 0.0746. The fraction of sp³-hybridized carbons (Fsp3) is 0.348. The first-order chi connectivity index (χ1) is 13.8. The molecule has 3 heterocycles. The SMILES string of the molecule is CC(C)(C)c1cn2cc(N3CCN(C(=O)c4cccc(C#N)c4)CC3)ccc2n1. The molecule has 0 unspecified atom stereocenters.